The second kappa shape index (κ2) is 11.0. The Morgan fingerprint density at radius 3 is 1.46 bits per heavy atom. The first-order chi connectivity index (χ1) is 20.3. The first-order valence-corrected chi connectivity index (χ1v) is 13.9. The minimum absolute atomic E-state index is 0.986. The predicted octanol–water partition coefficient (Wildman–Crippen LogP) is 10.7. The Labute approximate surface area is 240 Å². The highest BCUT2D eigenvalue weighted by molar-refractivity contribution is 5.92. The molecule has 2 heteroatoms. The maximum atomic E-state index is 5.14. The molecule has 41 heavy (non-hydrogen) atoms. The van der Waals surface area contributed by atoms with E-state index in [1.165, 1.54) is 11.1 Å². The third-order valence-corrected chi connectivity index (χ3v) is 7.45. The molecule has 0 amide bonds. The molecule has 0 saturated carbocycles. The summed E-state index contributed by atoms with van der Waals surface area (Å²) in [6.07, 6.45) is 0. The molecule has 0 N–H and O–H groups in total. The second-order valence-corrected chi connectivity index (χ2v) is 10.1. The molecule has 0 saturated heterocycles. The number of aromatic nitrogens is 1. The van der Waals surface area contributed by atoms with Gasteiger partial charge in [0.15, 0.2) is 0 Å². The zero-order valence-corrected chi connectivity index (χ0v) is 22.6. The van der Waals surface area contributed by atoms with Crippen LogP contribution in [0.25, 0.3) is 44.4 Å². The second-order valence-electron chi connectivity index (χ2n) is 10.1. The topological polar surface area (TPSA) is 16.1 Å². The van der Waals surface area contributed by atoms with Crippen molar-refractivity contribution in [1.82, 2.24) is 4.98 Å². The molecular formula is C39H28N2. The summed E-state index contributed by atoms with van der Waals surface area (Å²) >= 11 is 0. The van der Waals surface area contributed by atoms with Crippen LogP contribution in [0, 0.1) is 0 Å². The van der Waals surface area contributed by atoms with Gasteiger partial charge in [-0.05, 0) is 65.2 Å². The Kier molecular flexibility index (Phi) is 6.56. The highest BCUT2D eigenvalue weighted by Crippen LogP contribution is 2.38. The molecule has 0 atom stereocenters. The molecule has 1 heterocycles. The minimum atomic E-state index is 0.986. The molecule has 0 fully saturated rings. The monoisotopic (exact) mass is 524 g/mol. The number of pyridine rings is 1. The third-order valence-electron chi connectivity index (χ3n) is 7.45. The molecule has 7 rings (SSSR count). The van der Waals surface area contributed by atoms with Crippen molar-refractivity contribution in [3.05, 3.63) is 170 Å². The Balaban J connectivity index is 1.30. The highest BCUT2D eigenvalue weighted by Gasteiger charge is 2.15. The van der Waals surface area contributed by atoms with Crippen LogP contribution in [-0.2, 0) is 0 Å². The van der Waals surface area contributed by atoms with Crippen LogP contribution in [0.5, 0.6) is 0 Å². The Morgan fingerprint density at radius 1 is 0.366 bits per heavy atom. The zero-order chi connectivity index (χ0) is 27.4. The third kappa shape index (κ3) is 4.99. The molecule has 0 aliphatic carbocycles. The van der Waals surface area contributed by atoms with Crippen molar-refractivity contribution in [2.75, 3.05) is 4.90 Å². The van der Waals surface area contributed by atoms with Gasteiger partial charge in [-0.25, -0.2) is 4.98 Å². The molecule has 1 aromatic heterocycles. The van der Waals surface area contributed by atoms with E-state index in [4.69, 9.17) is 4.98 Å². The van der Waals surface area contributed by atoms with Crippen LogP contribution in [0.3, 0.4) is 0 Å². The molecule has 0 spiro atoms. The van der Waals surface area contributed by atoms with Crippen LogP contribution >= 0.6 is 0 Å². The van der Waals surface area contributed by atoms with Gasteiger partial charge >= 0.3 is 0 Å². The van der Waals surface area contributed by atoms with E-state index in [1.54, 1.807) is 0 Å². The van der Waals surface area contributed by atoms with Gasteiger partial charge in [-0.1, -0.05) is 121 Å². The number of hydrogen-bond acceptors (Lipinski definition) is 2. The average molecular weight is 525 g/mol. The van der Waals surface area contributed by atoms with Crippen molar-refractivity contribution in [3.63, 3.8) is 0 Å². The van der Waals surface area contributed by atoms with E-state index in [-0.39, 0.29) is 0 Å². The standard InChI is InChI=1S/C39H28N2/c1-4-12-29(13-5-1)30-20-24-35(25-21-30)41(34-17-8-3-9-18-34)36-26-22-32(23-27-36)39-37(31-14-6-2-7-15-31)28-33-16-10-11-19-38(33)40-39/h1-28H. The maximum Gasteiger partial charge on any atom is 0.0788 e. The van der Waals surface area contributed by atoms with E-state index in [0.717, 1.165) is 50.3 Å². The smallest absolute Gasteiger partial charge is 0.0788 e. The van der Waals surface area contributed by atoms with Gasteiger partial charge in [0.25, 0.3) is 0 Å². The van der Waals surface area contributed by atoms with Crippen molar-refractivity contribution in [1.29, 1.82) is 0 Å². The number of fused-ring (bicyclic) bond motifs is 1. The fourth-order valence-electron chi connectivity index (χ4n) is 5.40. The van der Waals surface area contributed by atoms with E-state index in [9.17, 15) is 0 Å². The minimum Gasteiger partial charge on any atom is -0.311 e. The summed E-state index contributed by atoms with van der Waals surface area (Å²) in [5, 5.41) is 1.14. The van der Waals surface area contributed by atoms with Crippen molar-refractivity contribution in [2.45, 2.75) is 0 Å². The fraction of sp³-hybridized carbons (Fsp3) is 0. The molecule has 0 unspecified atom stereocenters. The molecule has 0 radical (unpaired) electrons. The number of rotatable bonds is 6. The van der Waals surface area contributed by atoms with E-state index in [2.05, 4.69) is 169 Å². The van der Waals surface area contributed by atoms with Gasteiger partial charge in [0.1, 0.15) is 0 Å². The number of anilines is 3. The summed E-state index contributed by atoms with van der Waals surface area (Å²) in [5.41, 5.74) is 11.1. The van der Waals surface area contributed by atoms with Gasteiger partial charge in [0.05, 0.1) is 11.2 Å². The van der Waals surface area contributed by atoms with Gasteiger partial charge < -0.3 is 4.90 Å². The number of nitrogens with zero attached hydrogens (tertiary/aromatic N) is 2. The van der Waals surface area contributed by atoms with Crippen LogP contribution in [0.15, 0.2) is 170 Å². The summed E-state index contributed by atoms with van der Waals surface area (Å²) in [6.45, 7) is 0. The lowest BCUT2D eigenvalue weighted by Crippen LogP contribution is -2.09. The van der Waals surface area contributed by atoms with Crippen LogP contribution in [-0.4, -0.2) is 4.98 Å². The predicted molar refractivity (Wildman–Crippen MR) is 173 cm³/mol. The van der Waals surface area contributed by atoms with Crippen LogP contribution < -0.4 is 4.90 Å². The molecule has 0 aliphatic heterocycles. The zero-order valence-electron chi connectivity index (χ0n) is 22.6. The lowest BCUT2D eigenvalue weighted by molar-refractivity contribution is 1.28. The van der Waals surface area contributed by atoms with Crippen molar-refractivity contribution < 1.29 is 0 Å². The number of benzene rings is 6. The largest absolute Gasteiger partial charge is 0.311 e. The van der Waals surface area contributed by atoms with E-state index in [1.807, 2.05) is 6.07 Å². The Bertz CT molecular complexity index is 1900. The summed E-state index contributed by atoms with van der Waals surface area (Å²) < 4.78 is 0. The quantitative estimate of drug-likeness (QED) is 0.215. The van der Waals surface area contributed by atoms with Crippen LogP contribution in [0.1, 0.15) is 0 Å². The summed E-state index contributed by atoms with van der Waals surface area (Å²) in [6, 6.07) is 59.7. The highest BCUT2D eigenvalue weighted by atomic mass is 15.1. The van der Waals surface area contributed by atoms with Gasteiger partial charge in [0, 0.05) is 33.6 Å². The lowest BCUT2D eigenvalue weighted by atomic mass is 9.97. The van der Waals surface area contributed by atoms with Gasteiger partial charge in [-0.2, -0.15) is 0 Å². The van der Waals surface area contributed by atoms with Crippen LogP contribution in [0.4, 0.5) is 17.1 Å². The van der Waals surface area contributed by atoms with Crippen LogP contribution in [0.2, 0.25) is 0 Å². The Hall–Kier alpha value is -5.47. The summed E-state index contributed by atoms with van der Waals surface area (Å²) in [5.74, 6) is 0. The number of hydrogen-bond donors (Lipinski definition) is 0. The van der Waals surface area contributed by atoms with E-state index >= 15 is 0 Å². The first kappa shape index (κ1) is 24.6. The van der Waals surface area contributed by atoms with Gasteiger partial charge in [0.2, 0.25) is 0 Å². The SMILES string of the molecule is c1ccc(-c2ccc(N(c3ccccc3)c3ccc(-c4nc5ccccc5cc4-c4ccccc4)cc3)cc2)cc1. The molecule has 194 valence electrons. The maximum absolute atomic E-state index is 5.14. The molecule has 7 aromatic rings. The lowest BCUT2D eigenvalue weighted by Gasteiger charge is -2.26. The molecular weight excluding hydrogens is 496 g/mol. The van der Waals surface area contributed by atoms with Crippen molar-refractivity contribution in [2.24, 2.45) is 0 Å². The molecule has 0 bridgehead atoms. The molecule has 0 aliphatic rings. The van der Waals surface area contributed by atoms with Crippen molar-refractivity contribution in [3.8, 4) is 33.5 Å². The first-order valence-electron chi connectivity index (χ1n) is 13.9. The summed E-state index contributed by atoms with van der Waals surface area (Å²) in [7, 11) is 0. The van der Waals surface area contributed by atoms with E-state index < -0.39 is 0 Å². The Morgan fingerprint density at radius 2 is 0.829 bits per heavy atom. The summed E-state index contributed by atoms with van der Waals surface area (Å²) in [4.78, 5) is 7.43. The molecule has 6 aromatic carbocycles. The average Bonchev–Trinajstić information content (AvgIpc) is 3.06. The molecule has 2 nitrogen and oxygen atoms in total. The fourth-order valence-corrected chi connectivity index (χ4v) is 5.40. The van der Waals surface area contributed by atoms with Gasteiger partial charge in [-0.3, -0.25) is 0 Å². The number of para-hydroxylation sites is 2. The van der Waals surface area contributed by atoms with E-state index in [0.29, 0.717) is 0 Å². The normalized spacial score (nSPS) is 10.9. The van der Waals surface area contributed by atoms with Gasteiger partial charge in [-0.15, -0.1) is 0 Å². The van der Waals surface area contributed by atoms with Crippen molar-refractivity contribution >= 4 is 28.0 Å².